The highest BCUT2D eigenvalue weighted by molar-refractivity contribution is 5.34. The standard InChI is InChI=1S/C16H24N4/c1-5-15-18-16(6-2)20(19-15)14-9-7-13(8-10-14)11-17-12(3)4/h7-10,12,17H,5-6,11H2,1-4H3. The minimum absolute atomic E-state index is 0.504. The van der Waals surface area contributed by atoms with Gasteiger partial charge in [0.2, 0.25) is 0 Å². The molecule has 108 valence electrons. The van der Waals surface area contributed by atoms with E-state index in [1.165, 1.54) is 5.56 Å². The van der Waals surface area contributed by atoms with E-state index in [0.29, 0.717) is 6.04 Å². The Morgan fingerprint density at radius 1 is 1.10 bits per heavy atom. The third-order valence-corrected chi connectivity index (χ3v) is 3.25. The van der Waals surface area contributed by atoms with Crippen molar-refractivity contribution in [3.63, 3.8) is 0 Å². The predicted octanol–water partition coefficient (Wildman–Crippen LogP) is 2.89. The molecule has 0 spiro atoms. The second-order valence-electron chi connectivity index (χ2n) is 5.27. The number of hydrogen-bond donors (Lipinski definition) is 1. The molecule has 0 fully saturated rings. The van der Waals surface area contributed by atoms with E-state index < -0.39 is 0 Å². The van der Waals surface area contributed by atoms with Gasteiger partial charge >= 0.3 is 0 Å². The molecule has 0 radical (unpaired) electrons. The number of rotatable bonds is 6. The molecule has 1 aromatic heterocycles. The minimum Gasteiger partial charge on any atom is -0.310 e. The van der Waals surface area contributed by atoms with Gasteiger partial charge in [-0.2, -0.15) is 5.10 Å². The summed E-state index contributed by atoms with van der Waals surface area (Å²) in [4.78, 5) is 4.55. The maximum absolute atomic E-state index is 4.56. The van der Waals surface area contributed by atoms with Crippen LogP contribution in [0.15, 0.2) is 24.3 Å². The first kappa shape index (κ1) is 14.7. The molecule has 0 atom stereocenters. The molecule has 0 bridgehead atoms. The van der Waals surface area contributed by atoms with Crippen molar-refractivity contribution >= 4 is 0 Å². The monoisotopic (exact) mass is 272 g/mol. The molecule has 2 rings (SSSR count). The van der Waals surface area contributed by atoms with Crippen LogP contribution in [0.2, 0.25) is 0 Å². The van der Waals surface area contributed by atoms with E-state index in [9.17, 15) is 0 Å². The molecule has 2 aromatic rings. The summed E-state index contributed by atoms with van der Waals surface area (Å²) in [6, 6.07) is 9.04. The van der Waals surface area contributed by atoms with E-state index >= 15 is 0 Å². The smallest absolute Gasteiger partial charge is 0.151 e. The summed E-state index contributed by atoms with van der Waals surface area (Å²) in [7, 11) is 0. The van der Waals surface area contributed by atoms with Gasteiger partial charge in [-0.15, -0.1) is 0 Å². The van der Waals surface area contributed by atoms with Crippen LogP contribution in [0, 0.1) is 0 Å². The Bertz CT molecular complexity index is 540. The number of nitrogens with one attached hydrogen (secondary N) is 1. The van der Waals surface area contributed by atoms with E-state index in [1.807, 2.05) is 4.68 Å². The van der Waals surface area contributed by atoms with Crippen LogP contribution in [-0.2, 0) is 19.4 Å². The molecule has 0 saturated heterocycles. The van der Waals surface area contributed by atoms with Gasteiger partial charge in [-0.1, -0.05) is 39.8 Å². The minimum atomic E-state index is 0.504. The molecule has 0 unspecified atom stereocenters. The lowest BCUT2D eigenvalue weighted by atomic mass is 10.2. The van der Waals surface area contributed by atoms with Crippen LogP contribution in [0.5, 0.6) is 0 Å². The summed E-state index contributed by atoms with van der Waals surface area (Å²) in [6.07, 6.45) is 1.76. The molecule has 0 saturated carbocycles. The zero-order chi connectivity index (χ0) is 14.5. The molecule has 1 aromatic carbocycles. The average molecular weight is 272 g/mol. The number of hydrogen-bond acceptors (Lipinski definition) is 3. The van der Waals surface area contributed by atoms with Crippen molar-refractivity contribution in [1.82, 2.24) is 20.1 Å². The summed E-state index contributed by atoms with van der Waals surface area (Å²) in [5, 5.41) is 7.99. The SMILES string of the molecule is CCc1nc(CC)n(-c2ccc(CNC(C)C)cc2)n1. The molecule has 4 nitrogen and oxygen atoms in total. The highest BCUT2D eigenvalue weighted by Crippen LogP contribution is 2.12. The molecule has 20 heavy (non-hydrogen) atoms. The first-order chi connectivity index (χ1) is 9.63. The van der Waals surface area contributed by atoms with Gasteiger partial charge in [0, 0.05) is 25.4 Å². The lowest BCUT2D eigenvalue weighted by Gasteiger charge is -2.09. The number of nitrogens with zero attached hydrogens (tertiary/aromatic N) is 3. The summed E-state index contributed by atoms with van der Waals surface area (Å²) >= 11 is 0. The molecule has 0 aliphatic carbocycles. The summed E-state index contributed by atoms with van der Waals surface area (Å²) in [5.41, 5.74) is 2.37. The Hall–Kier alpha value is -1.68. The maximum Gasteiger partial charge on any atom is 0.151 e. The van der Waals surface area contributed by atoms with Gasteiger partial charge in [-0.05, 0) is 17.7 Å². The average Bonchev–Trinajstić information content (AvgIpc) is 2.89. The van der Waals surface area contributed by atoms with Crippen molar-refractivity contribution < 1.29 is 0 Å². The molecule has 1 N–H and O–H groups in total. The van der Waals surface area contributed by atoms with Gasteiger partial charge in [0.15, 0.2) is 5.82 Å². The van der Waals surface area contributed by atoms with Crippen LogP contribution in [-0.4, -0.2) is 20.8 Å². The largest absolute Gasteiger partial charge is 0.310 e. The van der Waals surface area contributed by atoms with Crippen LogP contribution in [0.25, 0.3) is 5.69 Å². The van der Waals surface area contributed by atoms with Crippen molar-refractivity contribution in [2.45, 2.75) is 53.1 Å². The zero-order valence-corrected chi connectivity index (χ0v) is 12.8. The summed E-state index contributed by atoms with van der Waals surface area (Å²) in [6.45, 7) is 9.41. The van der Waals surface area contributed by atoms with Gasteiger partial charge in [-0.3, -0.25) is 0 Å². The third-order valence-electron chi connectivity index (χ3n) is 3.25. The van der Waals surface area contributed by atoms with Gasteiger partial charge in [0.1, 0.15) is 5.82 Å². The number of aromatic nitrogens is 3. The fourth-order valence-corrected chi connectivity index (χ4v) is 2.05. The first-order valence-electron chi connectivity index (χ1n) is 7.41. The first-order valence-corrected chi connectivity index (χ1v) is 7.41. The van der Waals surface area contributed by atoms with Crippen molar-refractivity contribution in [3.8, 4) is 5.69 Å². The van der Waals surface area contributed by atoms with E-state index in [1.54, 1.807) is 0 Å². The topological polar surface area (TPSA) is 42.7 Å². The van der Waals surface area contributed by atoms with Gasteiger partial charge in [0.05, 0.1) is 5.69 Å². The lowest BCUT2D eigenvalue weighted by molar-refractivity contribution is 0.589. The molecule has 0 aliphatic heterocycles. The lowest BCUT2D eigenvalue weighted by Crippen LogP contribution is -2.21. The van der Waals surface area contributed by atoms with Gasteiger partial charge < -0.3 is 5.32 Å². The Kier molecular flexibility index (Phi) is 4.90. The Labute approximate surface area is 121 Å². The van der Waals surface area contributed by atoms with Crippen LogP contribution in [0.1, 0.15) is 44.9 Å². The van der Waals surface area contributed by atoms with E-state index in [0.717, 1.165) is 36.7 Å². The van der Waals surface area contributed by atoms with Crippen LogP contribution in [0.4, 0.5) is 0 Å². The third kappa shape index (κ3) is 3.45. The van der Waals surface area contributed by atoms with Crippen LogP contribution in [0.3, 0.4) is 0 Å². The van der Waals surface area contributed by atoms with E-state index in [2.05, 4.69) is 67.4 Å². The van der Waals surface area contributed by atoms with Gasteiger partial charge in [-0.25, -0.2) is 9.67 Å². The summed E-state index contributed by atoms with van der Waals surface area (Å²) in [5.74, 6) is 1.93. The number of aryl methyl sites for hydroxylation is 2. The Morgan fingerprint density at radius 2 is 1.80 bits per heavy atom. The Balaban J connectivity index is 2.19. The molecular formula is C16H24N4. The van der Waals surface area contributed by atoms with Crippen molar-refractivity contribution in [2.24, 2.45) is 0 Å². The predicted molar refractivity (Wildman–Crippen MR) is 82.1 cm³/mol. The molecule has 0 amide bonds. The molecule has 0 aliphatic rings. The van der Waals surface area contributed by atoms with E-state index in [4.69, 9.17) is 0 Å². The maximum atomic E-state index is 4.56. The van der Waals surface area contributed by atoms with Crippen LogP contribution < -0.4 is 5.32 Å². The highest BCUT2D eigenvalue weighted by Gasteiger charge is 2.08. The molecule has 4 heteroatoms. The van der Waals surface area contributed by atoms with Crippen molar-refractivity contribution in [1.29, 1.82) is 0 Å². The second-order valence-corrected chi connectivity index (χ2v) is 5.27. The zero-order valence-electron chi connectivity index (χ0n) is 12.8. The normalized spacial score (nSPS) is 11.2. The fourth-order valence-electron chi connectivity index (χ4n) is 2.05. The quantitative estimate of drug-likeness (QED) is 0.879. The summed E-state index contributed by atoms with van der Waals surface area (Å²) < 4.78 is 1.96. The second kappa shape index (κ2) is 6.66. The van der Waals surface area contributed by atoms with Crippen molar-refractivity contribution in [3.05, 3.63) is 41.5 Å². The Morgan fingerprint density at radius 3 is 2.35 bits per heavy atom. The highest BCUT2D eigenvalue weighted by atomic mass is 15.3. The van der Waals surface area contributed by atoms with Crippen LogP contribution >= 0.6 is 0 Å². The molecular weight excluding hydrogens is 248 g/mol. The van der Waals surface area contributed by atoms with Gasteiger partial charge in [0.25, 0.3) is 0 Å². The van der Waals surface area contributed by atoms with E-state index in [-0.39, 0.29) is 0 Å². The van der Waals surface area contributed by atoms with Crippen molar-refractivity contribution in [2.75, 3.05) is 0 Å². The number of benzene rings is 1. The fraction of sp³-hybridized carbons (Fsp3) is 0.500. The molecule has 1 heterocycles.